The highest BCUT2D eigenvalue weighted by Gasteiger charge is 2.37. The first kappa shape index (κ1) is 23.8. The van der Waals surface area contributed by atoms with Crippen LogP contribution in [0.5, 0.6) is 0 Å². The van der Waals surface area contributed by atoms with E-state index >= 15 is 0 Å². The van der Waals surface area contributed by atoms with Gasteiger partial charge >= 0.3 is 8.80 Å². The van der Waals surface area contributed by atoms with Crippen molar-refractivity contribution in [1.82, 2.24) is 4.65 Å². The predicted octanol–water partition coefficient (Wildman–Crippen LogP) is 4.30. The summed E-state index contributed by atoms with van der Waals surface area (Å²) in [7, 11) is -4.23. The van der Waals surface area contributed by atoms with E-state index in [9.17, 15) is 0 Å². The molecule has 0 aliphatic rings. The largest absolute Gasteiger partial charge is 0.500 e. The van der Waals surface area contributed by atoms with Gasteiger partial charge in [-0.1, -0.05) is 46.2 Å². The second-order valence-electron chi connectivity index (χ2n) is 6.96. The molecule has 0 saturated carbocycles. The third-order valence-electron chi connectivity index (χ3n) is 2.28. The maximum absolute atomic E-state index is 5.55. The molecule has 0 aromatic carbocycles. The van der Waals surface area contributed by atoms with Crippen molar-refractivity contribution < 1.29 is 13.3 Å². The highest BCUT2D eigenvalue weighted by Crippen LogP contribution is 2.14. The summed E-state index contributed by atoms with van der Waals surface area (Å²) in [6, 6.07) is 0.850. The van der Waals surface area contributed by atoms with Crippen LogP contribution in [0.15, 0.2) is 0 Å². The molecule has 0 aliphatic carbocycles. The van der Waals surface area contributed by atoms with E-state index in [-0.39, 0.29) is 0 Å². The van der Waals surface area contributed by atoms with Gasteiger partial charge in [0.2, 0.25) is 0 Å². The normalized spacial score (nSPS) is 12.9. The third-order valence-corrected chi connectivity index (χ3v) is 11.3. The topological polar surface area (TPSA) is 39.7 Å². The monoisotopic (exact) mass is 353 g/mol. The summed E-state index contributed by atoms with van der Waals surface area (Å²) in [4.78, 5) is 0. The van der Waals surface area contributed by atoms with Crippen molar-refractivity contribution in [1.29, 1.82) is 0 Å². The zero-order valence-corrected chi connectivity index (χ0v) is 19.1. The van der Waals surface area contributed by atoms with Crippen molar-refractivity contribution in [3.63, 3.8) is 0 Å². The van der Waals surface area contributed by atoms with Crippen molar-refractivity contribution >= 4 is 25.3 Å². The van der Waals surface area contributed by atoms with Crippen LogP contribution in [0.25, 0.3) is 0 Å². The highest BCUT2D eigenvalue weighted by molar-refractivity contribution is 6.90. The molecule has 0 aromatic rings. The smallest absolute Gasteiger partial charge is 0.374 e. The lowest BCUT2D eigenvalue weighted by atomic mass is 10.9. The molecule has 7 heteroatoms. The Labute approximate surface area is 136 Å². The van der Waals surface area contributed by atoms with Gasteiger partial charge in [-0.05, 0) is 20.8 Å². The average Bonchev–Trinajstić information content (AvgIpc) is 2.25. The van der Waals surface area contributed by atoms with E-state index in [4.69, 9.17) is 13.3 Å². The van der Waals surface area contributed by atoms with Crippen LogP contribution in [-0.4, -0.2) is 45.1 Å². The first-order chi connectivity index (χ1) is 9.45. The fourth-order valence-corrected chi connectivity index (χ4v) is 13.4. The first-order valence-electron chi connectivity index (χ1n) is 8.16. The molecule has 0 amide bonds. The first-order valence-corrected chi connectivity index (χ1v) is 17.1. The zero-order chi connectivity index (χ0) is 17.2. The molecule has 0 radical (unpaired) electrons. The summed E-state index contributed by atoms with van der Waals surface area (Å²) >= 11 is 0. The summed E-state index contributed by atoms with van der Waals surface area (Å²) in [6.07, 6.45) is 0. The minimum Gasteiger partial charge on any atom is -0.374 e. The van der Waals surface area contributed by atoms with Crippen LogP contribution in [0.1, 0.15) is 27.7 Å². The second-order valence-corrected chi connectivity index (χ2v) is 19.9. The quantitative estimate of drug-likeness (QED) is 0.627. The molecular formula is C14H39NO3Si3. The molecule has 0 saturated heterocycles. The Morgan fingerprint density at radius 3 is 1.00 bits per heavy atom. The molecule has 0 unspecified atom stereocenters. The van der Waals surface area contributed by atoms with Crippen LogP contribution in [0.2, 0.25) is 45.3 Å². The van der Waals surface area contributed by atoms with E-state index in [1.807, 2.05) is 27.7 Å². The third kappa shape index (κ3) is 15.2. The van der Waals surface area contributed by atoms with Gasteiger partial charge < -0.3 is 17.9 Å². The van der Waals surface area contributed by atoms with Crippen LogP contribution < -0.4 is 4.65 Å². The molecule has 0 spiro atoms. The minimum atomic E-state index is -2.27. The maximum Gasteiger partial charge on any atom is 0.500 e. The Hall–Kier alpha value is 0.491. The minimum absolute atomic E-state index is 0.667. The van der Waals surface area contributed by atoms with E-state index in [0.717, 1.165) is 6.04 Å². The lowest BCUT2D eigenvalue weighted by molar-refractivity contribution is 0.0725. The Balaban J connectivity index is 0. The summed E-state index contributed by atoms with van der Waals surface area (Å²) in [5.41, 5.74) is 0. The molecule has 130 valence electrons. The second kappa shape index (κ2) is 11.1. The van der Waals surface area contributed by atoms with Gasteiger partial charge in [-0.15, -0.1) is 0 Å². The van der Waals surface area contributed by atoms with Gasteiger partial charge in [-0.25, -0.2) is 0 Å². The van der Waals surface area contributed by atoms with E-state index in [0.29, 0.717) is 19.8 Å². The van der Waals surface area contributed by atoms with Gasteiger partial charge in [0.05, 0.1) is 0 Å². The molecule has 0 aromatic heterocycles. The fraction of sp³-hybridized carbons (Fsp3) is 1.00. The summed E-state index contributed by atoms with van der Waals surface area (Å²) in [5.74, 6) is 0. The Bertz CT molecular complexity index is 224. The zero-order valence-electron chi connectivity index (χ0n) is 16.1. The van der Waals surface area contributed by atoms with Crippen LogP contribution in [-0.2, 0) is 13.3 Å². The Morgan fingerprint density at radius 2 is 0.905 bits per heavy atom. The molecule has 0 fully saturated rings. The fourth-order valence-electron chi connectivity index (χ4n) is 2.22. The van der Waals surface area contributed by atoms with Crippen LogP contribution in [0, 0.1) is 0 Å². The van der Waals surface area contributed by atoms with E-state index in [2.05, 4.69) is 43.9 Å². The maximum atomic E-state index is 5.55. The Kier molecular flexibility index (Phi) is 12.5. The molecule has 4 nitrogen and oxygen atoms in total. The van der Waals surface area contributed by atoms with Crippen LogP contribution >= 0.6 is 0 Å². The summed E-state index contributed by atoms with van der Waals surface area (Å²) in [5, 5.41) is 0. The van der Waals surface area contributed by atoms with E-state index < -0.39 is 25.3 Å². The molecule has 21 heavy (non-hydrogen) atoms. The van der Waals surface area contributed by atoms with Gasteiger partial charge in [0.15, 0.2) is 0 Å². The number of rotatable bonds is 9. The summed E-state index contributed by atoms with van der Waals surface area (Å²) < 4.78 is 20.4. The lowest BCUT2D eigenvalue weighted by Crippen LogP contribution is -2.55. The molecule has 0 rings (SSSR count). The number of hydrogen-bond acceptors (Lipinski definition) is 4. The Morgan fingerprint density at radius 1 is 0.619 bits per heavy atom. The van der Waals surface area contributed by atoms with Crippen LogP contribution in [0.4, 0.5) is 0 Å². The summed E-state index contributed by atoms with van der Waals surface area (Å²) in [6.45, 7) is 24.1. The molecule has 0 bridgehead atoms. The van der Waals surface area contributed by atoms with Crippen molar-refractivity contribution in [2.45, 2.75) is 73.0 Å². The van der Waals surface area contributed by atoms with Gasteiger partial charge in [0, 0.05) is 25.9 Å². The number of nitrogens with one attached hydrogen (secondary N) is 1. The van der Waals surface area contributed by atoms with E-state index in [1.165, 1.54) is 0 Å². The van der Waals surface area contributed by atoms with Gasteiger partial charge in [-0.3, -0.25) is 0 Å². The van der Waals surface area contributed by atoms with Crippen molar-refractivity contribution in [2.75, 3.05) is 19.8 Å². The van der Waals surface area contributed by atoms with Crippen molar-refractivity contribution in [3.8, 4) is 0 Å². The molecule has 1 N–H and O–H groups in total. The molecule has 0 atom stereocenters. The van der Waals surface area contributed by atoms with Crippen molar-refractivity contribution in [2.24, 2.45) is 0 Å². The van der Waals surface area contributed by atoms with Gasteiger partial charge in [0.25, 0.3) is 0 Å². The van der Waals surface area contributed by atoms with Gasteiger partial charge in [0.1, 0.15) is 16.5 Å². The molecule has 0 heterocycles. The van der Waals surface area contributed by atoms with Crippen molar-refractivity contribution in [3.05, 3.63) is 0 Å². The van der Waals surface area contributed by atoms with Crippen LogP contribution in [0.3, 0.4) is 0 Å². The van der Waals surface area contributed by atoms with Gasteiger partial charge in [-0.2, -0.15) is 0 Å². The van der Waals surface area contributed by atoms with E-state index in [1.54, 1.807) is 0 Å². The average molecular weight is 354 g/mol. The highest BCUT2D eigenvalue weighted by atomic mass is 28.4. The predicted molar refractivity (Wildman–Crippen MR) is 101 cm³/mol. The lowest BCUT2D eigenvalue weighted by Gasteiger charge is -2.28. The SMILES string of the molecule is CCO[Si](CC)(OCC)OCC.C[Si](C)(C)N[Si](C)(C)C. The molecular weight excluding hydrogens is 314 g/mol. The molecule has 0 aliphatic heterocycles. The number of hydrogen-bond donors (Lipinski definition) is 1. The standard InChI is InChI=1S/C8H20O3Si.C6H19NSi2/c1-5-9-12(8-4,10-6-2)11-7-3;1-8(2,3)7-9(4,5)6/h5-8H2,1-4H3;7H,1-6H3.